The Balaban J connectivity index is 2.84. The second-order valence-corrected chi connectivity index (χ2v) is 5.67. The SMILES string of the molecule is COCC(C)C(=O)NC(CC(=O)O)c1ccc(SC)cc1. The van der Waals surface area contributed by atoms with Crippen LogP contribution in [-0.4, -0.2) is 37.0 Å². The average molecular weight is 311 g/mol. The van der Waals surface area contributed by atoms with Gasteiger partial charge in [-0.2, -0.15) is 0 Å². The van der Waals surface area contributed by atoms with E-state index in [9.17, 15) is 9.59 Å². The summed E-state index contributed by atoms with van der Waals surface area (Å²) >= 11 is 1.61. The number of aliphatic carboxylic acids is 1. The lowest BCUT2D eigenvalue weighted by molar-refractivity contribution is -0.138. The summed E-state index contributed by atoms with van der Waals surface area (Å²) in [7, 11) is 1.53. The van der Waals surface area contributed by atoms with E-state index in [1.165, 1.54) is 7.11 Å². The zero-order valence-electron chi connectivity index (χ0n) is 12.5. The Morgan fingerprint density at radius 3 is 2.43 bits per heavy atom. The smallest absolute Gasteiger partial charge is 0.305 e. The molecule has 2 N–H and O–H groups in total. The van der Waals surface area contributed by atoms with Gasteiger partial charge in [-0.15, -0.1) is 11.8 Å². The number of methoxy groups -OCH3 is 1. The van der Waals surface area contributed by atoms with Gasteiger partial charge in [-0.05, 0) is 24.0 Å². The molecule has 6 heteroatoms. The van der Waals surface area contributed by atoms with Crippen molar-refractivity contribution in [1.29, 1.82) is 0 Å². The largest absolute Gasteiger partial charge is 0.481 e. The molecule has 0 aliphatic heterocycles. The van der Waals surface area contributed by atoms with Crippen molar-refractivity contribution in [3.63, 3.8) is 0 Å². The molecule has 0 fully saturated rings. The van der Waals surface area contributed by atoms with Gasteiger partial charge in [-0.25, -0.2) is 0 Å². The van der Waals surface area contributed by atoms with Crippen molar-refractivity contribution in [2.24, 2.45) is 5.92 Å². The quantitative estimate of drug-likeness (QED) is 0.721. The first kappa shape index (κ1) is 17.5. The number of nitrogens with one attached hydrogen (secondary N) is 1. The fourth-order valence-corrected chi connectivity index (χ4v) is 2.31. The van der Waals surface area contributed by atoms with E-state index in [1.807, 2.05) is 30.5 Å². The van der Waals surface area contributed by atoms with Crippen molar-refractivity contribution in [3.8, 4) is 0 Å². The highest BCUT2D eigenvalue weighted by Gasteiger charge is 2.21. The predicted molar refractivity (Wildman–Crippen MR) is 82.4 cm³/mol. The van der Waals surface area contributed by atoms with Crippen molar-refractivity contribution >= 4 is 23.6 Å². The molecule has 1 amide bonds. The molecule has 2 atom stereocenters. The van der Waals surface area contributed by atoms with Crippen LogP contribution in [0.4, 0.5) is 0 Å². The maximum Gasteiger partial charge on any atom is 0.305 e. The molecule has 1 aromatic carbocycles. The number of carbonyl (C=O) groups is 2. The first-order valence-electron chi connectivity index (χ1n) is 6.63. The fraction of sp³-hybridized carbons (Fsp3) is 0.467. The molecule has 1 rings (SSSR count). The molecule has 0 aliphatic rings. The molecule has 21 heavy (non-hydrogen) atoms. The van der Waals surface area contributed by atoms with Crippen LogP contribution in [0.15, 0.2) is 29.2 Å². The van der Waals surface area contributed by atoms with Crippen molar-refractivity contribution in [2.75, 3.05) is 20.0 Å². The van der Waals surface area contributed by atoms with E-state index in [4.69, 9.17) is 9.84 Å². The van der Waals surface area contributed by atoms with Gasteiger partial charge in [0.05, 0.1) is 25.0 Å². The number of rotatable bonds is 8. The topological polar surface area (TPSA) is 75.6 Å². The normalized spacial score (nSPS) is 13.5. The zero-order valence-corrected chi connectivity index (χ0v) is 13.3. The van der Waals surface area contributed by atoms with Crippen molar-refractivity contribution in [2.45, 2.75) is 24.3 Å². The van der Waals surface area contributed by atoms with Crippen LogP contribution in [0.5, 0.6) is 0 Å². The summed E-state index contributed by atoms with van der Waals surface area (Å²) < 4.78 is 4.94. The first-order chi connectivity index (χ1) is 9.97. The number of thioether (sulfide) groups is 1. The molecule has 1 aromatic rings. The minimum atomic E-state index is -0.950. The van der Waals surface area contributed by atoms with E-state index in [2.05, 4.69) is 5.32 Å². The third-order valence-electron chi connectivity index (χ3n) is 3.08. The molecule has 5 nitrogen and oxygen atoms in total. The first-order valence-corrected chi connectivity index (χ1v) is 7.85. The van der Waals surface area contributed by atoms with E-state index in [0.717, 1.165) is 10.5 Å². The lowest BCUT2D eigenvalue weighted by Crippen LogP contribution is -2.35. The predicted octanol–water partition coefficient (Wildman–Crippen LogP) is 2.32. The lowest BCUT2D eigenvalue weighted by Gasteiger charge is -2.20. The van der Waals surface area contributed by atoms with Crippen LogP contribution < -0.4 is 5.32 Å². The van der Waals surface area contributed by atoms with Gasteiger partial charge in [0.15, 0.2) is 0 Å². The number of ether oxygens (including phenoxy) is 1. The summed E-state index contributed by atoms with van der Waals surface area (Å²) in [5, 5.41) is 11.8. The molecule has 0 heterocycles. The minimum Gasteiger partial charge on any atom is -0.481 e. The number of hydrogen-bond donors (Lipinski definition) is 2. The molecule has 116 valence electrons. The number of hydrogen-bond acceptors (Lipinski definition) is 4. The molecule has 0 spiro atoms. The summed E-state index contributed by atoms with van der Waals surface area (Å²) in [5.41, 5.74) is 0.785. The standard InChI is InChI=1S/C15H21NO4S/c1-10(9-20-2)15(19)16-13(8-14(17)18)11-4-6-12(21-3)7-5-11/h4-7,10,13H,8-9H2,1-3H3,(H,16,19)(H,17,18). The molecule has 0 bridgehead atoms. The van der Waals surface area contributed by atoms with Crippen molar-refractivity contribution < 1.29 is 19.4 Å². The van der Waals surface area contributed by atoms with Gasteiger partial charge in [0, 0.05) is 12.0 Å². The van der Waals surface area contributed by atoms with Gasteiger partial charge < -0.3 is 15.2 Å². The van der Waals surface area contributed by atoms with Gasteiger partial charge in [0.1, 0.15) is 0 Å². The average Bonchev–Trinajstić information content (AvgIpc) is 2.46. The number of benzene rings is 1. The molecule has 0 radical (unpaired) electrons. The number of carboxylic acid groups (broad SMARTS) is 1. The van der Waals surface area contributed by atoms with Gasteiger partial charge in [0.2, 0.25) is 5.91 Å². The Bertz CT molecular complexity index is 475. The van der Waals surface area contributed by atoms with Crippen LogP contribution in [0.3, 0.4) is 0 Å². The molecular weight excluding hydrogens is 290 g/mol. The maximum absolute atomic E-state index is 12.0. The third kappa shape index (κ3) is 5.77. The number of carboxylic acids is 1. The summed E-state index contributed by atoms with van der Waals surface area (Å²) in [4.78, 5) is 24.1. The van der Waals surface area contributed by atoms with Gasteiger partial charge in [0.25, 0.3) is 0 Å². The lowest BCUT2D eigenvalue weighted by atomic mass is 10.0. The van der Waals surface area contributed by atoms with Gasteiger partial charge in [-0.3, -0.25) is 9.59 Å². The summed E-state index contributed by atoms with van der Waals surface area (Å²) in [6.07, 6.45) is 1.82. The minimum absolute atomic E-state index is 0.149. The maximum atomic E-state index is 12.0. The second kappa shape index (κ2) is 8.69. The Morgan fingerprint density at radius 1 is 1.33 bits per heavy atom. The highest BCUT2D eigenvalue weighted by Crippen LogP contribution is 2.21. The van der Waals surface area contributed by atoms with Crippen LogP contribution in [0, 0.1) is 5.92 Å². The number of amides is 1. The summed E-state index contributed by atoms with van der Waals surface area (Å²) in [6, 6.07) is 6.99. The Kier molecular flexibility index (Phi) is 7.25. The van der Waals surface area contributed by atoms with Crippen LogP contribution in [0.2, 0.25) is 0 Å². The van der Waals surface area contributed by atoms with Crippen LogP contribution in [0.1, 0.15) is 24.9 Å². The van der Waals surface area contributed by atoms with E-state index in [0.29, 0.717) is 6.61 Å². The molecule has 2 unspecified atom stereocenters. The van der Waals surface area contributed by atoms with E-state index in [-0.39, 0.29) is 18.2 Å². The Labute approximate surface area is 129 Å². The molecule has 0 saturated heterocycles. The van der Waals surface area contributed by atoms with Crippen molar-refractivity contribution in [3.05, 3.63) is 29.8 Å². The molecule has 0 aromatic heterocycles. The summed E-state index contributed by atoms with van der Waals surface area (Å²) in [5.74, 6) is -1.48. The third-order valence-corrected chi connectivity index (χ3v) is 3.82. The van der Waals surface area contributed by atoms with Crippen LogP contribution in [0.25, 0.3) is 0 Å². The highest BCUT2D eigenvalue weighted by molar-refractivity contribution is 7.98. The molecule has 0 saturated carbocycles. The monoisotopic (exact) mass is 311 g/mol. The van der Waals surface area contributed by atoms with E-state index >= 15 is 0 Å². The van der Waals surface area contributed by atoms with Crippen LogP contribution >= 0.6 is 11.8 Å². The molecular formula is C15H21NO4S. The Hall–Kier alpha value is -1.53. The van der Waals surface area contributed by atoms with Crippen LogP contribution in [-0.2, 0) is 14.3 Å². The molecule has 0 aliphatic carbocycles. The highest BCUT2D eigenvalue weighted by atomic mass is 32.2. The Morgan fingerprint density at radius 2 is 1.95 bits per heavy atom. The van der Waals surface area contributed by atoms with Crippen molar-refractivity contribution in [1.82, 2.24) is 5.32 Å². The zero-order chi connectivity index (χ0) is 15.8. The second-order valence-electron chi connectivity index (χ2n) is 4.79. The fourth-order valence-electron chi connectivity index (χ4n) is 1.90. The van der Waals surface area contributed by atoms with E-state index in [1.54, 1.807) is 18.7 Å². The van der Waals surface area contributed by atoms with E-state index < -0.39 is 12.0 Å². The van der Waals surface area contributed by atoms with Gasteiger partial charge in [-0.1, -0.05) is 19.1 Å². The van der Waals surface area contributed by atoms with Gasteiger partial charge >= 0.3 is 5.97 Å². The summed E-state index contributed by atoms with van der Waals surface area (Å²) in [6.45, 7) is 2.05. The number of carbonyl (C=O) groups excluding carboxylic acids is 1.